The molecule has 2 heteroatoms. The fourth-order valence-electron chi connectivity index (χ4n) is 3.40. The molecule has 1 saturated carbocycles. The lowest BCUT2D eigenvalue weighted by Gasteiger charge is -2.25. The number of nitrogens with two attached hydrogens (primary N) is 1. The van der Waals surface area contributed by atoms with Crippen LogP contribution >= 0.6 is 0 Å². The molecule has 0 aromatic heterocycles. The number of rotatable bonds is 6. The summed E-state index contributed by atoms with van der Waals surface area (Å²) in [6.45, 7) is 5.58. The van der Waals surface area contributed by atoms with E-state index in [1.54, 1.807) is 0 Å². The van der Waals surface area contributed by atoms with Gasteiger partial charge in [0, 0.05) is 25.3 Å². The molecule has 2 N–H and O–H groups in total. The van der Waals surface area contributed by atoms with Gasteiger partial charge in [-0.15, -0.1) is 0 Å². The second-order valence-electron chi connectivity index (χ2n) is 6.52. The predicted octanol–water partition coefficient (Wildman–Crippen LogP) is 3.90. The Bertz CT molecular complexity index is 421. The van der Waals surface area contributed by atoms with Crippen LogP contribution in [0, 0.1) is 12.8 Å². The van der Waals surface area contributed by atoms with E-state index < -0.39 is 0 Å². The average molecular weight is 274 g/mol. The molecule has 112 valence electrons. The van der Waals surface area contributed by atoms with Gasteiger partial charge in [0.1, 0.15) is 0 Å². The third-order valence-electron chi connectivity index (χ3n) is 4.70. The molecule has 0 aliphatic heterocycles. The summed E-state index contributed by atoms with van der Waals surface area (Å²) in [5, 5.41) is 0. The second kappa shape index (κ2) is 7.12. The van der Waals surface area contributed by atoms with Crippen LogP contribution in [0.5, 0.6) is 0 Å². The van der Waals surface area contributed by atoms with Gasteiger partial charge in [-0.25, -0.2) is 0 Å². The molecule has 0 saturated heterocycles. The van der Waals surface area contributed by atoms with Crippen LogP contribution in [0.4, 0.5) is 5.69 Å². The molecule has 0 radical (unpaired) electrons. The van der Waals surface area contributed by atoms with E-state index in [9.17, 15) is 0 Å². The molecule has 0 spiro atoms. The van der Waals surface area contributed by atoms with Gasteiger partial charge in [0.15, 0.2) is 0 Å². The van der Waals surface area contributed by atoms with Crippen molar-refractivity contribution >= 4 is 5.69 Å². The first-order chi connectivity index (χ1) is 9.60. The summed E-state index contributed by atoms with van der Waals surface area (Å²) in [6, 6.07) is 7.14. The average Bonchev–Trinajstić information content (AvgIpc) is 2.91. The molecule has 20 heavy (non-hydrogen) atoms. The van der Waals surface area contributed by atoms with Gasteiger partial charge in [-0.05, 0) is 55.7 Å². The SMILES string of the molecule is CCC(N)Cc1ccc(N(C)CC2CCCC2)c(C)c1. The van der Waals surface area contributed by atoms with Gasteiger partial charge < -0.3 is 10.6 Å². The van der Waals surface area contributed by atoms with Crippen LogP contribution in [0.1, 0.15) is 50.2 Å². The lowest BCUT2D eigenvalue weighted by Crippen LogP contribution is -2.25. The van der Waals surface area contributed by atoms with E-state index in [2.05, 4.69) is 44.0 Å². The highest BCUT2D eigenvalue weighted by atomic mass is 15.1. The number of hydrogen-bond donors (Lipinski definition) is 1. The van der Waals surface area contributed by atoms with Gasteiger partial charge in [0.05, 0.1) is 0 Å². The van der Waals surface area contributed by atoms with E-state index in [4.69, 9.17) is 5.73 Å². The molecule has 1 aliphatic rings. The zero-order valence-corrected chi connectivity index (χ0v) is 13.4. The number of benzene rings is 1. The zero-order chi connectivity index (χ0) is 14.5. The topological polar surface area (TPSA) is 29.3 Å². The molecule has 1 aromatic rings. The molecular weight excluding hydrogens is 244 g/mol. The van der Waals surface area contributed by atoms with Gasteiger partial charge in [0.2, 0.25) is 0 Å². The lowest BCUT2D eigenvalue weighted by molar-refractivity contribution is 0.546. The van der Waals surface area contributed by atoms with Crippen LogP contribution in [0.2, 0.25) is 0 Å². The molecule has 1 unspecified atom stereocenters. The minimum atomic E-state index is 0.288. The molecule has 1 aliphatic carbocycles. The van der Waals surface area contributed by atoms with Gasteiger partial charge >= 0.3 is 0 Å². The fraction of sp³-hybridized carbons (Fsp3) is 0.667. The Balaban J connectivity index is 2.00. The first-order valence-corrected chi connectivity index (χ1v) is 8.16. The highest BCUT2D eigenvalue weighted by Crippen LogP contribution is 2.28. The molecular formula is C18H30N2. The zero-order valence-electron chi connectivity index (χ0n) is 13.4. The Morgan fingerprint density at radius 2 is 2.00 bits per heavy atom. The predicted molar refractivity (Wildman–Crippen MR) is 88.4 cm³/mol. The maximum Gasteiger partial charge on any atom is 0.0393 e. The van der Waals surface area contributed by atoms with E-state index in [0.717, 1.165) is 18.8 Å². The summed E-state index contributed by atoms with van der Waals surface area (Å²) in [4.78, 5) is 2.44. The molecule has 0 heterocycles. The van der Waals surface area contributed by atoms with Crippen molar-refractivity contribution in [3.63, 3.8) is 0 Å². The van der Waals surface area contributed by atoms with E-state index in [0.29, 0.717) is 0 Å². The number of aryl methyl sites for hydroxylation is 1. The van der Waals surface area contributed by atoms with E-state index in [1.165, 1.54) is 49.0 Å². The number of anilines is 1. The molecule has 1 fully saturated rings. The van der Waals surface area contributed by atoms with Crippen LogP contribution < -0.4 is 10.6 Å². The monoisotopic (exact) mass is 274 g/mol. The fourth-order valence-corrected chi connectivity index (χ4v) is 3.40. The molecule has 0 bridgehead atoms. The first kappa shape index (κ1) is 15.4. The normalized spacial score (nSPS) is 17.4. The molecule has 0 amide bonds. The Morgan fingerprint density at radius 3 is 2.60 bits per heavy atom. The minimum Gasteiger partial charge on any atom is -0.374 e. The minimum absolute atomic E-state index is 0.288. The first-order valence-electron chi connectivity index (χ1n) is 8.16. The maximum atomic E-state index is 6.05. The van der Waals surface area contributed by atoms with Crippen molar-refractivity contribution in [2.75, 3.05) is 18.5 Å². The van der Waals surface area contributed by atoms with Crippen LogP contribution in [-0.2, 0) is 6.42 Å². The molecule has 1 aromatic carbocycles. The van der Waals surface area contributed by atoms with Crippen molar-refractivity contribution in [2.45, 2.75) is 58.4 Å². The number of hydrogen-bond acceptors (Lipinski definition) is 2. The summed E-state index contributed by atoms with van der Waals surface area (Å²) in [5.41, 5.74) is 10.2. The van der Waals surface area contributed by atoms with Crippen LogP contribution in [0.15, 0.2) is 18.2 Å². The van der Waals surface area contributed by atoms with E-state index in [1.807, 2.05) is 0 Å². The van der Waals surface area contributed by atoms with Gasteiger partial charge in [-0.3, -0.25) is 0 Å². The summed E-state index contributed by atoms with van der Waals surface area (Å²) in [5.74, 6) is 0.896. The Hall–Kier alpha value is -1.02. The molecule has 1 atom stereocenters. The third-order valence-corrected chi connectivity index (χ3v) is 4.70. The highest BCUT2D eigenvalue weighted by Gasteiger charge is 2.17. The van der Waals surface area contributed by atoms with Crippen molar-refractivity contribution < 1.29 is 0 Å². The third kappa shape index (κ3) is 3.99. The Morgan fingerprint density at radius 1 is 1.30 bits per heavy atom. The standard InChI is InChI=1S/C18H30N2/c1-4-17(19)12-16-9-10-18(14(2)11-16)20(3)13-15-7-5-6-8-15/h9-11,15,17H,4-8,12-13,19H2,1-3H3. The van der Waals surface area contributed by atoms with Crippen molar-refractivity contribution in [2.24, 2.45) is 11.7 Å². The molecule has 2 nitrogen and oxygen atoms in total. The van der Waals surface area contributed by atoms with Gasteiger partial charge in [0.25, 0.3) is 0 Å². The highest BCUT2D eigenvalue weighted by molar-refractivity contribution is 5.54. The van der Waals surface area contributed by atoms with Crippen molar-refractivity contribution in [1.82, 2.24) is 0 Å². The summed E-state index contributed by atoms with van der Waals surface area (Å²) < 4.78 is 0. The quantitative estimate of drug-likeness (QED) is 0.852. The van der Waals surface area contributed by atoms with Crippen molar-refractivity contribution in [1.29, 1.82) is 0 Å². The van der Waals surface area contributed by atoms with Crippen LogP contribution in [0.3, 0.4) is 0 Å². The van der Waals surface area contributed by atoms with E-state index in [-0.39, 0.29) is 6.04 Å². The molecule has 2 rings (SSSR count). The van der Waals surface area contributed by atoms with E-state index >= 15 is 0 Å². The van der Waals surface area contributed by atoms with Crippen molar-refractivity contribution in [3.8, 4) is 0 Å². The summed E-state index contributed by atoms with van der Waals surface area (Å²) >= 11 is 0. The Labute approximate surface area is 124 Å². The Kier molecular flexibility index (Phi) is 5.47. The summed E-state index contributed by atoms with van der Waals surface area (Å²) in [6.07, 6.45) is 7.70. The number of nitrogens with zero attached hydrogens (tertiary/aromatic N) is 1. The van der Waals surface area contributed by atoms with Gasteiger partial charge in [-0.1, -0.05) is 31.9 Å². The maximum absolute atomic E-state index is 6.05. The summed E-state index contributed by atoms with van der Waals surface area (Å²) in [7, 11) is 2.23. The smallest absolute Gasteiger partial charge is 0.0393 e. The second-order valence-corrected chi connectivity index (χ2v) is 6.52. The van der Waals surface area contributed by atoms with Crippen LogP contribution in [0.25, 0.3) is 0 Å². The van der Waals surface area contributed by atoms with Crippen LogP contribution in [-0.4, -0.2) is 19.6 Å². The lowest BCUT2D eigenvalue weighted by atomic mass is 10.0. The largest absolute Gasteiger partial charge is 0.374 e. The van der Waals surface area contributed by atoms with Gasteiger partial charge in [-0.2, -0.15) is 0 Å². The van der Waals surface area contributed by atoms with Crippen molar-refractivity contribution in [3.05, 3.63) is 29.3 Å².